The first-order valence-electron chi connectivity index (χ1n) is 11.8. The molecule has 0 aliphatic heterocycles. The highest BCUT2D eigenvalue weighted by molar-refractivity contribution is 7.99. The third kappa shape index (κ3) is 7.81. The minimum atomic E-state index is -0.581. The van der Waals surface area contributed by atoms with Crippen LogP contribution < -0.4 is 5.32 Å². The molecule has 0 saturated heterocycles. The Hall–Kier alpha value is -1.40. The highest BCUT2D eigenvalue weighted by Gasteiger charge is 2.31. The van der Waals surface area contributed by atoms with Crippen LogP contribution in [0.1, 0.15) is 57.4 Å². The third-order valence-electron chi connectivity index (χ3n) is 6.13. The summed E-state index contributed by atoms with van der Waals surface area (Å²) in [4.78, 5) is 29.4. The van der Waals surface area contributed by atoms with Gasteiger partial charge in [0.1, 0.15) is 6.04 Å². The summed E-state index contributed by atoms with van der Waals surface area (Å²) in [5.74, 6) is 0.396. The normalized spacial score (nSPS) is 15.1. The van der Waals surface area contributed by atoms with Crippen molar-refractivity contribution in [2.75, 3.05) is 5.75 Å². The summed E-state index contributed by atoms with van der Waals surface area (Å²) in [7, 11) is 0. The number of hydrogen-bond donors (Lipinski definition) is 1. The number of thioether (sulfide) groups is 1. The van der Waals surface area contributed by atoms with Crippen LogP contribution in [0.25, 0.3) is 0 Å². The lowest BCUT2D eigenvalue weighted by atomic mass is 9.95. The van der Waals surface area contributed by atoms with Gasteiger partial charge in [-0.25, -0.2) is 0 Å². The zero-order valence-electron chi connectivity index (χ0n) is 19.4. The van der Waals surface area contributed by atoms with Crippen molar-refractivity contribution in [3.05, 3.63) is 63.1 Å². The summed E-state index contributed by atoms with van der Waals surface area (Å²) < 4.78 is 0. The van der Waals surface area contributed by atoms with Gasteiger partial charge in [0, 0.05) is 50.3 Å². The van der Waals surface area contributed by atoms with Gasteiger partial charge in [0.2, 0.25) is 11.8 Å². The van der Waals surface area contributed by atoms with Crippen molar-refractivity contribution in [2.45, 2.75) is 75.4 Å². The average Bonchev–Trinajstić information content (AvgIpc) is 2.82. The van der Waals surface area contributed by atoms with E-state index in [0.29, 0.717) is 39.2 Å². The lowest BCUT2D eigenvalue weighted by Gasteiger charge is -2.33. The molecule has 1 aliphatic rings. The van der Waals surface area contributed by atoms with Crippen LogP contribution in [0.4, 0.5) is 0 Å². The van der Waals surface area contributed by atoms with Crippen molar-refractivity contribution < 1.29 is 9.59 Å². The maximum absolute atomic E-state index is 13.4. The van der Waals surface area contributed by atoms with Crippen LogP contribution in [0, 0.1) is 0 Å². The van der Waals surface area contributed by atoms with Crippen molar-refractivity contribution >= 4 is 58.4 Å². The Morgan fingerprint density at radius 2 is 1.68 bits per heavy atom. The predicted molar refractivity (Wildman–Crippen MR) is 143 cm³/mol. The summed E-state index contributed by atoms with van der Waals surface area (Å²) in [5.41, 5.74) is 0.661. The molecule has 2 aromatic carbocycles. The van der Waals surface area contributed by atoms with Crippen LogP contribution in [0.3, 0.4) is 0 Å². The highest BCUT2D eigenvalue weighted by atomic mass is 35.5. The number of halogens is 3. The Morgan fingerprint density at radius 1 is 1.03 bits per heavy atom. The van der Waals surface area contributed by atoms with Gasteiger partial charge in [0.05, 0.1) is 0 Å². The Labute approximate surface area is 221 Å². The molecule has 3 rings (SSSR count). The van der Waals surface area contributed by atoms with E-state index in [4.69, 9.17) is 34.8 Å². The number of nitrogens with zero attached hydrogens (tertiary/aromatic N) is 1. The number of amides is 2. The van der Waals surface area contributed by atoms with Gasteiger partial charge in [0.25, 0.3) is 0 Å². The highest BCUT2D eigenvalue weighted by Crippen LogP contribution is 2.28. The van der Waals surface area contributed by atoms with Gasteiger partial charge in [-0.15, -0.1) is 11.8 Å². The second-order valence-electron chi connectivity index (χ2n) is 8.54. The van der Waals surface area contributed by atoms with Crippen molar-refractivity contribution in [2.24, 2.45) is 0 Å². The third-order valence-corrected chi connectivity index (χ3v) is 8.10. The summed E-state index contributed by atoms with van der Waals surface area (Å²) in [5, 5.41) is 4.85. The lowest BCUT2D eigenvalue weighted by molar-refractivity contribution is -0.141. The minimum absolute atomic E-state index is 0.0944. The van der Waals surface area contributed by atoms with Crippen molar-refractivity contribution in [3.8, 4) is 0 Å². The number of carbonyl (C=O) groups excluding carboxylic acids is 2. The number of rotatable bonds is 10. The van der Waals surface area contributed by atoms with Gasteiger partial charge in [-0.3, -0.25) is 9.59 Å². The fourth-order valence-electron chi connectivity index (χ4n) is 4.25. The van der Waals surface area contributed by atoms with Gasteiger partial charge in [-0.2, -0.15) is 0 Å². The number of hydrogen-bond acceptors (Lipinski definition) is 3. The van der Waals surface area contributed by atoms with Gasteiger partial charge in [-0.05, 0) is 55.7 Å². The molecule has 184 valence electrons. The predicted octanol–water partition coefficient (Wildman–Crippen LogP) is 7.39. The van der Waals surface area contributed by atoms with Crippen LogP contribution in [0.2, 0.25) is 15.1 Å². The molecule has 2 aromatic rings. The quantitative estimate of drug-likeness (QED) is 0.319. The molecule has 4 nitrogen and oxygen atoms in total. The molecule has 1 unspecified atom stereocenters. The largest absolute Gasteiger partial charge is 0.352 e. The second kappa shape index (κ2) is 13.6. The van der Waals surface area contributed by atoms with Crippen molar-refractivity contribution in [1.82, 2.24) is 10.2 Å². The summed E-state index contributed by atoms with van der Waals surface area (Å²) in [6.45, 7) is 2.13. The van der Waals surface area contributed by atoms with Crippen LogP contribution in [-0.4, -0.2) is 34.6 Å². The molecule has 0 bridgehead atoms. The summed E-state index contributed by atoms with van der Waals surface area (Å²) in [6, 6.07) is 12.4. The SMILES string of the molecule is CCC(C(=O)NC1CCCCC1)N(Cc1c(Cl)cccc1Cl)C(=O)CCSc1ccc(Cl)cc1. The molecule has 8 heteroatoms. The molecular weight excluding hydrogens is 511 g/mol. The van der Waals surface area contributed by atoms with Gasteiger partial charge >= 0.3 is 0 Å². The molecule has 1 N–H and O–H groups in total. The van der Waals surface area contributed by atoms with E-state index in [-0.39, 0.29) is 24.4 Å². The Balaban J connectivity index is 1.74. The molecule has 0 heterocycles. The van der Waals surface area contributed by atoms with Gasteiger partial charge < -0.3 is 10.2 Å². The summed E-state index contributed by atoms with van der Waals surface area (Å²) in [6.07, 6.45) is 6.25. The molecule has 2 amide bonds. The lowest BCUT2D eigenvalue weighted by Crippen LogP contribution is -2.51. The van der Waals surface area contributed by atoms with Crippen LogP contribution in [-0.2, 0) is 16.1 Å². The van der Waals surface area contributed by atoms with Crippen molar-refractivity contribution in [1.29, 1.82) is 0 Å². The summed E-state index contributed by atoms with van der Waals surface area (Å²) >= 11 is 20.4. The van der Waals surface area contributed by atoms with E-state index >= 15 is 0 Å². The number of benzene rings is 2. The van der Waals surface area contributed by atoms with Gasteiger partial charge in [-0.1, -0.05) is 67.1 Å². The van der Waals surface area contributed by atoms with Gasteiger partial charge in [0.15, 0.2) is 0 Å². The van der Waals surface area contributed by atoms with Crippen LogP contribution in [0.15, 0.2) is 47.4 Å². The Kier molecular flexibility index (Phi) is 10.9. The molecular formula is C26H31Cl3N2O2S. The first kappa shape index (κ1) is 27.2. The zero-order valence-corrected chi connectivity index (χ0v) is 22.5. The Morgan fingerprint density at radius 3 is 2.29 bits per heavy atom. The second-order valence-corrected chi connectivity index (χ2v) is 11.0. The standard InChI is InChI=1S/C26H31Cl3N2O2S/c1-2-24(26(33)30-19-7-4-3-5-8-19)31(17-21-22(28)9-6-10-23(21)29)25(32)15-16-34-20-13-11-18(27)12-14-20/h6,9-14,19,24H,2-5,7-8,15-17H2,1H3,(H,30,33). The molecule has 0 radical (unpaired) electrons. The molecule has 1 fully saturated rings. The smallest absolute Gasteiger partial charge is 0.243 e. The maximum atomic E-state index is 13.4. The van der Waals surface area contributed by atoms with E-state index in [9.17, 15) is 9.59 Å². The number of nitrogens with one attached hydrogen (secondary N) is 1. The fourth-order valence-corrected chi connectivity index (χ4v) is 5.73. The minimum Gasteiger partial charge on any atom is -0.352 e. The Bertz CT molecular complexity index is 945. The van der Waals surface area contributed by atoms with E-state index in [2.05, 4.69) is 5.32 Å². The van der Waals surface area contributed by atoms with Crippen LogP contribution >= 0.6 is 46.6 Å². The molecule has 1 aliphatic carbocycles. The van der Waals surface area contributed by atoms with E-state index in [1.807, 2.05) is 31.2 Å². The number of carbonyl (C=O) groups is 2. The van der Waals surface area contributed by atoms with E-state index in [1.165, 1.54) is 6.42 Å². The topological polar surface area (TPSA) is 49.4 Å². The van der Waals surface area contributed by atoms with E-state index in [1.54, 1.807) is 34.9 Å². The zero-order chi connectivity index (χ0) is 24.5. The van der Waals surface area contributed by atoms with E-state index in [0.717, 1.165) is 30.6 Å². The first-order chi connectivity index (χ1) is 16.4. The van der Waals surface area contributed by atoms with Crippen LogP contribution in [0.5, 0.6) is 0 Å². The molecule has 0 aromatic heterocycles. The fraction of sp³-hybridized carbons (Fsp3) is 0.462. The van der Waals surface area contributed by atoms with Crippen molar-refractivity contribution in [3.63, 3.8) is 0 Å². The maximum Gasteiger partial charge on any atom is 0.243 e. The monoisotopic (exact) mass is 540 g/mol. The molecule has 34 heavy (non-hydrogen) atoms. The average molecular weight is 542 g/mol. The van der Waals surface area contributed by atoms with E-state index < -0.39 is 6.04 Å². The first-order valence-corrected chi connectivity index (χ1v) is 13.9. The molecule has 1 saturated carbocycles. The molecule has 1 atom stereocenters. The molecule has 0 spiro atoms.